The predicted octanol–water partition coefficient (Wildman–Crippen LogP) is 0.579. The predicted molar refractivity (Wildman–Crippen MR) is 106 cm³/mol. The number of imide groups is 1. The molecule has 0 radical (unpaired) electrons. The number of nitrogens with zero attached hydrogens (tertiary/aromatic N) is 1. The van der Waals surface area contributed by atoms with Gasteiger partial charge < -0.3 is 20.7 Å². The van der Waals surface area contributed by atoms with E-state index in [9.17, 15) is 19.2 Å². The first-order valence-electron chi connectivity index (χ1n) is 9.54. The molecular weight excluding hydrogens is 376 g/mol. The largest absolute Gasteiger partial charge is 0.497 e. The van der Waals surface area contributed by atoms with E-state index in [1.165, 1.54) is 6.92 Å². The maximum atomic E-state index is 12.8. The van der Waals surface area contributed by atoms with Crippen molar-refractivity contribution < 1.29 is 23.9 Å². The molecule has 0 spiro atoms. The van der Waals surface area contributed by atoms with Gasteiger partial charge in [0.1, 0.15) is 23.9 Å². The Labute approximate surface area is 170 Å². The first-order chi connectivity index (χ1) is 13.7. The van der Waals surface area contributed by atoms with Gasteiger partial charge in [0.15, 0.2) is 0 Å². The molecule has 0 aromatic heterocycles. The summed E-state index contributed by atoms with van der Waals surface area (Å²) in [6.07, 6.45) is 0.956. The van der Waals surface area contributed by atoms with Crippen molar-refractivity contribution >= 4 is 23.8 Å². The lowest BCUT2D eigenvalue weighted by Gasteiger charge is -2.22. The minimum Gasteiger partial charge on any atom is -0.497 e. The zero-order valence-electron chi connectivity index (χ0n) is 17.2. The monoisotopic (exact) mass is 404 g/mol. The summed E-state index contributed by atoms with van der Waals surface area (Å²) in [5.74, 6) is -0.630. The van der Waals surface area contributed by atoms with E-state index in [1.807, 2.05) is 24.3 Å². The van der Waals surface area contributed by atoms with Crippen LogP contribution in [0.1, 0.15) is 32.8 Å². The zero-order chi connectivity index (χ0) is 21.6. The number of aryl methyl sites for hydroxylation is 1. The van der Waals surface area contributed by atoms with Crippen molar-refractivity contribution in [1.82, 2.24) is 20.9 Å². The third-order valence-electron chi connectivity index (χ3n) is 4.84. The van der Waals surface area contributed by atoms with Crippen molar-refractivity contribution in [1.29, 1.82) is 0 Å². The van der Waals surface area contributed by atoms with Gasteiger partial charge in [-0.25, -0.2) is 4.79 Å². The van der Waals surface area contributed by atoms with Crippen LogP contribution in [0, 0.1) is 0 Å². The fourth-order valence-electron chi connectivity index (χ4n) is 3.07. The first kappa shape index (κ1) is 22.2. The topological polar surface area (TPSA) is 117 Å². The second-order valence-corrected chi connectivity index (χ2v) is 7.19. The van der Waals surface area contributed by atoms with Gasteiger partial charge in [-0.15, -0.1) is 0 Å². The number of benzene rings is 1. The molecule has 9 nitrogen and oxygen atoms in total. The minimum absolute atomic E-state index is 0.331. The van der Waals surface area contributed by atoms with Crippen molar-refractivity contribution in [2.75, 3.05) is 20.2 Å². The summed E-state index contributed by atoms with van der Waals surface area (Å²) in [5.41, 5.74) is -0.0938. The van der Waals surface area contributed by atoms with Crippen molar-refractivity contribution in [2.24, 2.45) is 0 Å². The van der Waals surface area contributed by atoms with Gasteiger partial charge in [-0.3, -0.25) is 19.3 Å². The number of nitrogens with one attached hydrogen (secondary N) is 3. The molecule has 1 aromatic carbocycles. The molecular formula is C20H28N4O5. The molecule has 3 N–H and O–H groups in total. The SMILES string of the molecule is CCNC(=O)[C@H](C)NC(=O)CN1C(=O)N[C@](C)(CCc2ccc(OC)cc2)C1=O. The average molecular weight is 404 g/mol. The average Bonchev–Trinajstić information content (AvgIpc) is 2.90. The maximum Gasteiger partial charge on any atom is 0.325 e. The number of amides is 5. The summed E-state index contributed by atoms with van der Waals surface area (Å²) in [6, 6.07) is 6.09. The van der Waals surface area contributed by atoms with Gasteiger partial charge in [-0.2, -0.15) is 0 Å². The molecule has 1 saturated heterocycles. The van der Waals surface area contributed by atoms with E-state index < -0.39 is 36.0 Å². The molecule has 0 saturated carbocycles. The molecule has 9 heteroatoms. The molecule has 1 fully saturated rings. The van der Waals surface area contributed by atoms with Crippen LogP contribution in [-0.2, 0) is 20.8 Å². The van der Waals surface area contributed by atoms with Gasteiger partial charge in [0.05, 0.1) is 7.11 Å². The Morgan fingerprint density at radius 1 is 1.24 bits per heavy atom. The lowest BCUT2D eigenvalue weighted by Crippen LogP contribution is -2.49. The molecule has 1 aliphatic heterocycles. The van der Waals surface area contributed by atoms with Gasteiger partial charge in [-0.05, 0) is 51.3 Å². The van der Waals surface area contributed by atoms with E-state index in [1.54, 1.807) is 21.0 Å². The fourth-order valence-corrected chi connectivity index (χ4v) is 3.07. The van der Waals surface area contributed by atoms with E-state index in [4.69, 9.17) is 4.74 Å². The van der Waals surface area contributed by atoms with Gasteiger partial charge in [0.25, 0.3) is 5.91 Å². The Bertz CT molecular complexity index is 780. The van der Waals surface area contributed by atoms with Crippen LogP contribution in [0.3, 0.4) is 0 Å². The number of ether oxygens (including phenoxy) is 1. The van der Waals surface area contributed by atoms with Gasteiger partial charge in [0.2, 0.25) is 11.8 Å². The standard InChI is InChI=1S/C20H28N4O5/c1-5-21-17(26)13(2)22-16(25)12-24-18(27)20(3,23-19(24)28)11-10-14-6-8-15(29-4)9-7-14/h6-9,13H,5,10-12H2,1-4H3,(H,21,26)(H,22,25)(H,23,28)/t13-,20+/m0/s1. The minimum atomic E-state index is -1.09. The maximum absolute atomic E-state index is 12.8. The second-order valence-electron chi connectivity index (χ2n) is 7.19. The van der Waals surface area contributed by atoms with Crippen LogP contribution in [0.15, 0.2) is 24.3 Å². The Hall–Kier alpha value is -3.10. The van der Waals surface area contributed by atoms with E-state index in [0.717, 1.165) is 16.2 Å². The fraction of sp³-hybridized carbons (Fsp3) is 0.500. The van der Waals surface area contributed by atoms with Crippen LogP contribution >= 0.6 is 0 Å². The third kappa shape index (κ3) is 5.46. The Kier molecular flexibility index (Phi) is 7.19. The summed E-state index contributed by atoms with van der Waals surface area (Å²) in [4.78, 5) is 49.8. The molecule has 5 amide bonds. The van der Waals surface area contributed by atoms with Crippen molar-refractivity contribution in [2.45, 2.75) is 45.2 Å². The molecule has 0 bridgehead atoms. The van der Waals surface area contributed by atoms with E-state index in [2.05, 4.69) is 16.0 Å². The molecule has 158 valence electrons. The number of rotatable bonds is 9. The number of urea groups is 1. The smallest absolute Gasteiger partial charge is 0.325 e. The molecule has 29 heavy (non-hydrogen) atoms. The van der Waals surface area contributed by atoms with Crippen LogP contribution in [0.2, 0.25) is 0 Å². The van der Waals surface area contributed by atoms with Crippen LogP contribution in [0.25, 0.3) is 0 Å². The van der Waals surface area contributed by atoms with E-state index in [-0.39, 0.29) is 5.91 Å². The normalized spacial score (nSPS) is 19.5. The molecule has 1 heterocycles. The highest BCUT2D eigenvalue weighted by Gasteiger charge is 2.47. The number of methoxy groups -OCH3 is 1. The molecule has 0 unspecified atom stereocenters. The van der Waals surface area contributed by atoms with Gasteiger partial charge in [0, 0.05) is 6.54 Å². The highest BCUT2D eigenvalue weighted by molar-refractivity contribution is 6.09. The van der Waals surface area contributed by atoms with Crippen LogP contribution in [0.5, 0.6) is 5.75 Å². The van der Waals surface area contributed by atoms with Gasteiger partial charge >= 0.3 is 6.03 Å². The summed E-state index contributed by atoms with van der Waals surface area (Å²) in [7, 11) is 1.59. The molecule has 1 aliphatic rings. The molecule has 0 aliphatic carbocycles. The lowest BCUT2D eigenvalue weighted by atomic mass is 9.93. The van der Waals surface area contributed by atoms with Gasteiger partial charge in [-0.1, -0.05) is 12.1 Å². The Balaban J connectivity index is 1.94. The number of carbonyl (C=O) groups excluding carboxylic acids is 4. The summed E-state index contributed by atoms with van der Waals surface area (Å²) in [6.45, 7) is 4.96. The summed E-state index contributed by atoms with van der Waals surface area (Å²) >= 11 is 0. The molecule has 2 atom stereocenters. The van der Waals surface area contributed by atoms with Crippen LogP contribution < -0.4 is 20.7 Å². The van der Waals surface area contributed by atoms with Crippen molar-refractivity contribution in [3.8, 4) is 5.75 Å². The zero-order valence-corrected chi connectivity index (χ0v) is 17.2. The quantitative estimate of drug-likeness (QED) is 0.521. The highest BCUT2D eigenvalue weighted by Crippen LogP contribution is 2.24. The molecule has 2 rings (SSSR count). The molecule has 1 aromatic rings. The third-order valence-corrected chi connectivity index (χ3v) is 4.84. The Morgan fingerprint density at radius 3 is 2.48 bits per heavy atom. The lowest BCUT2D eigenvalue weighted by molar-refractivity contribution is -0.135. The van der Waals surface area contributed by atoms with Crippen LogP contribution in [0.4, 0.5) is 4.79 Å². The van der Waals surface area contributed by atoms with E-state index >= 15 is 0 Å². The number of carbonyl (C=O) groups is 4. The summed E-state index contributed by atoms with van der Waals surface area (Å²) in [5, 5.41) is 7.76. The van der Waals surface area contributed by atoms with Crippen molar-refractivity contribution in [3.05, 3.63) is 29.8 Å². The Morgan fingerprint density at radius 2 is 1.90 bits per heavy atom. The van der Waals surface area contributed by atoms with Crippen LogP contribution in [-0.4, -0.2) is 60.4 Å². The highest BCUT2D eigenvalue weighted by atomic mass is 16.5. The number of hydrogen-bond acceptors (Lipinski definition) is 5. The number of hydrogen-bond donors (Lipinski definition) is 3. The summed E-state index contributed by atoms with van der Waals surface area (Å²) < 4.78 is 5.12. The number of likely N-dealkylation sites (N-methyl/N-ethyl adjacent to an activating group) is 1. The van der Waals surface area contributed by atoms with Crippen molar-refractivity contribution in [3.63, 3.8) is 0 Å². The van der Waals surface area contributed by atoms with E-state index in [0.29, 0.717) is 19.4 Å². The second kappa shape index (κ2) is 9.40. The first-order valence-corrected chi connectivity index (χ1v) is 9.54.